The average molecular weight is 380 g/mol. The third kappa shape index (κ3) is 5.23. The molecule has 0 unspecified atom stereocenters. The number of rotatable bonds is 7. The van der Waals surface area contributed by atoms with Gasteiger partial charge in [0.1, 0.15) is 0 Å². The summed E-state index contributed by atoms with van der Waals surface area (Å²) in [4.78, 5) is 2.46. The van der Waals surface area contributed by atoms with E-state index in [-0.39, 0.29) is 0 Å². The Morgan fingerprint density at radius 2 is 1.45 bits per heavy atom. The highest BCUT2D eigenvalue weighted by Gasteiger charge is 2.06. The topological polar surface area (TPSA) is 29.3 Å². The molecule has 2 rings (SSSR count). The normalized spacial score (nSPS) is 10.9. The average Bonchev–Trinajstić information content (AvgIpc) is 2.48. The second-order valence-corrected chi connectivity index (χ2v) is 6.21. The van der Waals surface area contributed by atoms with Crippen LogP contribution in [0.1, 0.15) is 17.5 Å². The maximum absolute atomic E-state index is 5.66. The molecule has 0 heterocycles. The molecule has 0 aliphatic carbocycles. The number of nitrogens with zero attached hydrogens (tertiary/aromatic N) is 1. The van der Waals surface area contributed by atoms with Crippen molar-refractivity contribution in [2.75, 3.05) is 13.1 Å². The van der Waals surface area contributed by atoms with Crippen molar-refractivity contribution in [3.8, 4) is 0 Å². The van der Waals surface area contributed by atoms with Gasteiger partial charge < -0.3 is 5.73 Å². The molecule has 0 amide bonds. The lowest BCUT2D eigenvalue weighted by molar-refractivity contribution is 0.255. The summed E-state index contributed by atoms with van der Waals surface area (Å²) in [5.74, 6) is 0. The van der Waals surface area contributed by atoms with Crippen LogP contribution in [0, 0.1) is 3.57 Å². The van der Waals surface area contributed by atoms with Crippen LogP contribution in [0.25, 0.3) is 0 Å². The molecular weight excluding hydrogens is 359 g/mol. The fourth-order valence-corrected chi connectivity index (χ4v) is 2.58. The predicted molar refractivity (Wildman–Crippen MR) is 93.4 cm³/mol. The molecule has 2 aromatic rings. The first-order valence-electron chi connectivity index (χ1n) is 6.99. The minimum atomic E-state index is 0.748. The molecule has 0 aromatic heterocycles. The van der Waals surface area contributed by atoms with Gasteiger partial charge in [0.05, 0.1) is 0 Å². The van der Waals surface area contributed by atoms with E-state index in [2.05, 4.69) is 82.1 Å². The molecule has 106 valence electrons. The molecule has 0 saturated heterocycles. The summed E-state index contributed by atoms with van der Waals surface area (Å²) in [5.41, 5.74) is 8.37. The first kappa shape index (κ1) is 15.5. The van der Waals surface area contributed by atoms with Crippen molar-refractivity contribution in [1.29, 1.82) is 0 Å². The first-order valence-corrected chi connectivity index (χ1v) is 8.06. The van der Waals surface area contributed by atoms with Gasteiger partial charge >= 0.3 is 0 Å². The third-order valence-corrected chi connectivity index (χ3v) is 3.97. The van der Waals surface area contributed by atoms with Gasteiger partial charge in [-0.05, 0) is 58.8 Å². The molecule has 0 aliphatic rings. The van der Waals surface area contributed by atoms with Crippen LogP contribution in [0.4, 0.5) is 0 Å². The van der Waals surface area contributed by atoms with Gasteiger partial charge in [0.2, 0.25) is 0 Å². The smallest absolute Gasteiger partial charge is 0.0237 e. The van der Waals surface area contributed by atoms with E-state index in [4.69, 9.17) is 5.73 Å². The summed E-state index contributed by atoms with van der Waals surface area (Å²) >= 11 is 2.34. The zero-order valence-corrected chi connectivity index (χ0v) is 13.8. The Labute approximate surface area is 135 Å². The van der Waals surface area contributed by atoms with Crippen LogP contribution < -0.4 is 5.73 Å². The minimum absolute atomic E-state index is 0.748. The number of halogens is 1. The maximum Gasteiger partial charge on any atom is 0.0237 e. The summed E-state index contributed by atoms with van der Waals surface area (Å²) in [7, 11) is 0. The van der Waals surface area contributed by atoms with Crippen molar-refractivity contribution in [2.24, 2.45) is 5.73 Å². The zero-order valence-electron chi connectivity index (χ0n) is 11.6. The Balaban J connectivity index is 2.01. The van der Waals surface area contributed by atoms with Crippen molar-refractivity contribution in [1.82, 2.24) is 4.90 Å². The SMILES string of the molecule is NCCCN(Cc1ccccc1)Cc1ccc(I)cc1. The van der Waals surface area contributed by atoms with Gasteiger partial charge in [-0.15, -0.1) is 0 Å². The van der Waals surface area contributed by atoms with E-state index in [1.54, 1.807) is 0 Å². The van der Waals surface area contributed by atoms with Crippen molar-refractivity contribution in [3.05, 3.63) is 69.3 Å². The molecule has 2 N–H and O–H groups in total. The molecule has 20 heavy (non-hydrogen) atoms. The number of nitrogens with two attached hydrogens (primary N) is 1. The Kier molecular flexibility index (Phi) is 6.50. The zero-order chi connectivity index (χ0) is 14.2. The molecule has 0 aliphatic heterocycles. The summed E-state index contributed by atoms with van der Waals surface area (Å²) < 4.78 is 1.28. The van der Waals surface area contributed by atoms with Gasteiger partial charge in [-0.25, -0.2) is 0 Å². The standard InChI is InChI=1S/C17H21IN2/c18-17-9-7-16(8-10-17)14-20(12-4-11-19)13-15-5-2-1-3-6-15/h1-3,5-10H,4,11-14,19H2. The van der Waals surface area contributed by atoms with E-state index in [1.165, 1.54) is 14.7 Å². The second kappa shape index (κ2) is 8.39. The number of hydrogen-bond donors (Lipinski definition) is 1. The van der Waals surface area contributed by atoms with Gasteiger partial charge in [-0.2, -0.15) is 0 Å². The monoisotopic (exact) mass is 380 g/mol. The number of benzene rings is 2. The van der Waals surface area contributed by atoms with Crippen LogP contribution in [0.15, 0.2) is 54.6 Å². The molecular formula is C17H21IN2. The van der Waals surface area contributed by atoms with Crippen LogP contribution in [-0.4, -0.2) is 18.0 Å². The Bertz CT molecular complexity index is 496. The lowest BCUT2D eigenvalue weighted by atomic mass is 10.1. The minimum Gasteiger partial charge on any atom is -0.330 e. The molecule has 3 heteroatoms. The molecule has 2 nitrogen and oxygen atoms in total. The Morgan fingerprint density at radius 3 is 2.05 bits per heavy atom. The van der Waals surface area contributed by atoms with E-state index < -0.39 is 0 Å². The molecule has 0 fully saturated rings. The van der Waals surface area contributed by atoms with Crippen molar-refractivity contribution < 1.29 is 0 Å². The molecule has 0 saturated carbocycles. The van der Waals surface area contributed by atoms with Crippen LogP contribution in [0.3, 0.4) is 0 Å². The van der Waals surface area contributed by atoms with E-state index >= 15 is 0 Å². The van der Waals surface area contributed by atoms with E-state index in [0.29, 0.717) is 0 Å². The third-order valence-electron chi connectivity index (χ3n) is 3.25. The quantitative estimate of drug-likeness (QED) is 0.744. The van der Waals surface area contributed by atoms with E-state index in [9.17, 15) is 0 Å². The summed E-state index contributed by atoms with van der Waals surface area (Å²) in [5, 5.41) is 0. The summed E-state index contributed by atoms with van der Waals surface area (Å²) in [6.07, 6.45) is 1.04. The summed E-state index contributed by atoms with van der Waals surface area (Å²) in [6.45, 7) is 3.74. The van der Waals surface area contributed by atoms with E-state index in [0.717, 1.165) is 32.6 Å². The van der Waals surface area contributed by atoms with Crippen molar-refractivity contribution in [2.45, 2.75) is 19.5 Å². The highest BCUT2D eigenvalue weighted by Crippen LogP contribution is 2.12. The highest BCUT2D eigenvalue weighted by atomic mass is 127. The molecule has 2 aromatic carbocycles. The second-order valence-electron chi connectivity index (χ2n) is 4.96. The van der Waals surface area contributed by atoms with Crippen molar-refractivity contribution >= 4 is 22.6 Å². The molecule has 0 spiro atoms. The predicted octanol–water partition coefficient (Wildman–Crippen LogP) is 3.64. The van der Waals surface area contributed by atoms with Crippen LogP contribution in [-0.2, 0) is 13.1 Å². The Morgan fingerprint density at radius 1 is 0.850 bits per heavy atom. The van der Waals surface area contributed by atoms with Gasteiger partial charge in [0.25, 0.3) is 0 Å². The molecule has 0 atom stereocenters. The first-order chi connectivity index (χ1) is 9.78. The largest absolute Gasteiger partial charge is 0.330 e. The Hall–Kier alpha value is -0.910. The summed E-state index contributed by atoms with van der Waals surface area (Å²) in [6, 6.07) is 19.4. The molecule has 0 bridgehead atoms. The van der Waals surface area contributed by atoms with Gasteiger partial charge in [-0.3, -0.25) is 4.90 Å². The van der Waals surface area contributed by atoms with Crippen molar-refractivity contribution in [3.63, 3.8) is 0 Å². The fourth-order valence-electron chi connectivity index (χ4n) is 2.22. The highest BCUT2D eigenvalue weighted by molar-refractivity contribution is 14.1. The number of hydrogen-bond acceptors (Lipinski definition) is 2. The maximum atomic E-state index is 5.66. The van der Waals surface area contributed by atoms with Gasteiger partial charge in [-0.1, -0.05) is 42.5 Å². The molecule has 0 radical (unpaired) electrons. The van der Waals surface area contributed by atoms with Crippen LogP contribution >= 0.6 is 22.6 Å². The lowest BCUT2D eigenvalue weighted by Crippen LogP contribution is -2.25. The van der Waals surface area contributed by atoms with Crippen LogP contribution in [0.2, 0.25) is 0 Å². The van der Waals surface area contributed by atoms with Crippen LogP contribution in [0.5, 0.6) is 0 Å². The fraction of sp³-hybridized carbons (Fsp3) is 0.294. The van der Waals surface area contributed by atoms with Gasteiger partial charge in [0, 0.05) is 23.2 Å². The lowest BCUT2D eigenvalue weighted by Gasteiger charge is -2.22. The van der Waals surface area contributed by atoms with Gasteiger partial charge in [0.15, 0.2) is 0 Å². The van der Waals surface area contributed by atoms with E-state index in [1.807, 2.05) is 0 Å².